The van der Waals surface area contributed by atoms with Crippen molar-refractivity contribution < 1.29 is 4.79 Å². The van der Waals surface area contributed by atoms with Gasteiger partial charge in [0.1, 0.15) is 0 Å². The molecule has 19 heavy (non-hydrogen) atoms. The molecule has 100 valence electrons. The van der Waals surface area contributed by atoms with Gasteiger partial charge in [0, 0.05) is 23.9 Å². The van der Waals surface area contributed by atoms with Gasteiger partial charge in [-0.25, -0.2) is 0 Å². The summed E-state index contributed by atoms with van der Waals surface area (Å²) in [5, 5.41) is 1.07. The lowest BCUT2D eigenvalue weighted by molar-refractivity contribution is -0.119. The minimum absolute atomic E-state index is 0.263. The number of allylic oxidation sites excluding steroid dienone is 1. The second-order valence-corrected chi connectivity index (χ2v) is 6.41. The predicted octanol–water partition coefficient (Wildman–Crippen LogP) is 4.22. The number of carbonyl (C=O) groups excluding carboxylic acids is 1. The minimum atomic E-state index is 0.263. The van der Waals surface area contributed by atoms with Crippen molar-refractivity contribution >= 4 is 23.2 Å². The number of ketones is 1. The van der Waals surface area contributed by atoms with Gasteiger partial charge in [0.2, 0.25) is 0 Å². The van der Waals surface area contributed by atoms with Crippen LogP contribution in [0.2, 0.25) is 0 Å². The molecule has 1 aromatic rings. The Morgan fingerprint density at radius 3 is 2.74 bits per heavy atom. The molecule has 1 fully saturated rings. The van der Waals surface area contributed by atoms with Gasteiger partial charge in [0.15, 0.2) is 5.78 Å². The van der Waals surface area contributed by atoms with E-state index in [-0.39, 0.29) is 5.92 Å². The summed E-state index contributed by atoms with van der Waals surface area (Å²) in [6, 6.07) is 8.31. The normalized spacial score (nSPS) is 21.7. The smallest absolute Gasteiger partial charge is 0.161 e. The fourth-order valence-electron chi connectivity index (χ4n) is 2.87. The van der Waals surface area contributed by atoms with E-state index < -0.39 is 0 Å². The Kier molecular flexibility index (Phi) is 3.65. The van der Waals surface area contributed by atoms with Crippen molar-refractivity contribution in [1.29, 1.82) is 0 Å². The quantitative estimate of drug-likeness (QED) is 0.752. The zero-order valence-electron chi connectivity index (χ0n) is 11.3. The Morgan fingerprint density at radius 2 is 2.00 bits per heavy atom. The molecule has 0 bridgehead atoms. The number of hydrogen-bond acceptors (Lipinski definition) is 3. The maximum atomic E-state index is 12.3. The Morgan fingerprint density at radius 1 is 1.26 bits per heavy atom. The predicted molar refractivity (Wildman–Crippen MR) is 80.4 cm³/mol. The van der Waals surface area contributed by atoms with Crippen molar-refractivity contribution in [2.45, 2.75) is 37.0 Å². The lowest BCUT2D eigenvalue weighted by Gasteiger charge is -2.20. The van der Waals surface area contributed by atoms with Gasteiger partial charge in [0.05, 0.1) is 10.7 Å². The summed E-state index contributed by atoms with van der Waals surface area (Å²) >= 11 is 1.70. The highest BCUT2D eigenvalue weighted by Crippen LogP contribution is 2.44. The van der Waals surface area contributed by atoms with Crippen molar-refractivity contribution in [3.63, 3.8) is 0 Å². The number of benzene rings is 1. The molecule has 0 radical (unpaired) electrons. The molecule has 1 heterocycles. The fourth-order valence-corrected chi connectivity index (χ4v) is 3.97. The molecule has 3 heteroatoms. The number of para-hydroxylation sites is 1. The van der Waals surface area contributed by atoms with Crippen LogP contribution < -0.4 is 4.90 Å². The topological polar surface area (TPSA) is 20.3 Å². The molecule has 2 aliphatic rings. The molecular weight excluding hydrogens is 254 g/mol. The van der Waals surface area contributed by atoms with Crippen molar-refractivity contribution in [1.82, 2.24) is 0 Å². The first kappa shape index (κ1) is 12.8. The van der Waals surface area contributed by atoms with Crippen LogP contribution in [0.4, 0.5) is 5.69 Å². The molecule has 0 atom stereocenters. The fraction of sp³-hybridized carbons (Fsp3) is 0.438. The molecule has 0 aromatic heterocycles. The number of nitrogens with zero attached hydrogens (tertiary/aromatic N) is 1. The maximum absolute atomic E-state index is 12.3. The maximum Gasteiger partial charge on any atom is 0.161 e. The Labute approximate surface area is 118 Å². The Balaban J connectivity index is 1.77. The van der Waals surface area contributed by atoms with Crippen molar-refractivity contribution in [2.75, 3.05) is 11.9 Å². The van der Waals surface area contributed by atoms with E-state index in [9.17, 15) is 4.79 Å². The van der Waals surface area contributed by atoms with Crippen molar-refractivity contribution in [2.24, 2.45) is 5.92 Å². The number of fused-ring (bicyclic) bond motifs is 1. The number of thioether (sulfide) groups is 1. The summed E-state index contributed by atoms with van der Waals surface area (Å²) in [5.74, 6) is 0.584. The molecule has 2 nitrogen and oxygen atoms in total. The Bertz CT molecular complexity index is 517. The van der Waals surface area contributed by atoms with Crippen LogP contribution in [0, 0.1) is 5.92 Å². The summed E-state index contributed by atoms with van der Waals surface area (Å²) in [5.41, 5.74) is 1.20. The van der Waals surface area contributed by atoms with Crippen molar-refractivity contribution in [3.05, 3.63) is 35.4 Å². The van der Waals surface area contributed by atoms with Gasteiger partial charge in [-0.05, 0) is 25.0 Å². The van der Waals surface area contributed by atoms with Crippen LogP contribution in [0.3, 0.4) is 0 Å². The number of carbonyl (C=O) groups is 1. The van der Waals surface area contributed by atoms with Gasteiger partial charge < -0.3 is 4.90 Å². The summed E-state index contributed by atoms with van der Waals surface area (Å²) in [7, 11) is 2.04. The molecule has 3 rings (SSSR count). The lowest BCUT2D eigenvalue weighted by atomic mass is 9.86. The highest BCUT2D eigenvalue weighted by molar-refractivity contribution is 8.03. The monoisotopic (exact) mass is 273 g/mol. The van der Waals surface area contributed by atoms with Gasteiger partial charge in [-0.15, -0.1) is 0 Å². The molecule has 0 spiro atoms. The molecule has 0 amide bonds. The first-order valence-electron chi connectivity index (χ1n) is 7.02. The van der Waals surface area contributed by atoms with E-state index in [1.54, 1.807) is 11.8 Å². The first-order chi connectivity index (χ1) is 9.25. The number of rotatable bonds is 2. The van der Waals surface area contributed by atoms with E-state index in [0.29, 0.717) is 5.78 Å². The second kappa shape index (κ2) is 5.41. The van der Waals surface area contributed by atoms with Gasteiger partial charge in [-0.3, -0.25) is 4.79 Å². The van der Waals surface area contributed by atoms with E-state index >= 15 is 0 Å². The molecule has 0 saturated heterocycles. The molecule has 1 saturated carbocycles. The average Bonchev–Trinajstić information content (AvgIpc) is 2.77. The summed E-state index contributed by atoms with van der Waals surface area (Å²) in [6.07, 6.45) is 7.72. The van der Waals surface area contributed by atoms with Crippen LogP contribution in [0.15, 0.2) is 40.3 Å². The van der Waals surface area contributed by atoms with Crippen molar-refractivity contribution in [3.8, 4) is 0 Å². The van der Waals surface area contributed by atoms with E-state index in [1.807, 2.05) is 25.3 Å². The van der Waals surface area contributed by atoms with Gasteiger partial charge >= 0.3 is 0 Å². The molecule has 1 aliphatic carbocycles. The van der Waals surface area contributed by atoms with E-state index in [1.165, 1.54) is 29.8 Å². The first-order valence-corrected chi connectivity index (χ1v) is 7.83. The van der Waals surface area contributed by atoms with E-state index in [4.69, 9.17) is 0 Å². The molecular formula is C16H19NOS. The third kappa shape index (κ3) is 2.57. The van der Waals surface area contributed by atoms with Crippen LogP contribution in [0.1, 0.15) is 32.1 Å². The average molecular weight is 273 g/mol. The number of hydrogen-bond donors (Lipinski definition) is 0. The Hall–Kier alpha value is -1.22. The summed E-state index contributed by atoms with van der Waals surface area (Å²) < 4.78 is 0. The molecule has 1 aromatic carbocycles. The largest absolute Gasteiger partial charge is 0.338 e. The third-order valence-electron chi connectivity index (χ3n) is 4.04. The third-order valence-corrected chi connectivity index (χ3v) is 5.21. The van der Waals surface area contributed by atoms with Gasteiger partial charge in [-0.1, -0.05) is 43.2 Å². The van der Waals surface area contributed by atoms with Gasteiger partial charge in [-0.2, -0.15) is 0 Å². The SMILES string of the molecule is CN1/C(=C\C(=O)C2CCCCC2)Sc2ccccc21. The highest BCUT2D eigenvalue weighted by atomic mass is 32.2. The second-order valence-electron chi connectivity index (χ2n) is 5.35. The summed E-state index contributed by atoms with van der Waals surface area (Å²) in [6.45, 7) is 0. The van der Waals surface area contributed by atoms with E-state index in [0.717, 1.165) is 17.9 Å². The molecule has 1 aliphatic heterocycles. The number of anilines is 1. The molecule has 0 unspecified atom stereocenters. The summed E-state index contributed by atoms with van der Waals surface area (Å²) in [4.78, 5) is 15.7. The van der Waals surface area contributed by atoms with Crippen LogP contribution in [-0.2, 0) is 4.79 Å². The van der Waals surface area contributed by atoms with Crippen LogP contribution in [0.25, 0.3) is 0 Å². The van der Waals surface area contributed by atoms with E-state index in [2.05, 4.69) is 17.0 Å². The lowest BCUT2D eigenvalue weighted by Crippen LogP contribution is -2.18. The minimum Gasteiger partial charge on any atom is -0.338 e. The zero-order valence-corrected chi connectivity index (χ0v) is 12.1. The standard InChI is InChI=1S/C16H19NOS/c1-17-13-9-5-6-10-15(13)19-16(17)11-14(18)12-7-3-2-4-8-12/h5-6,9-12H,2-4,7-8H2,1H3/b16-11+. The van der Waals surface area contributed by atoms with Crippen LogP contribution in [-0.4, -0.2) is 12.8 Å². The van der Waals surface area contributed by atoms with Crippen LogP contribution in [0.5, 0.6) is 0 Å². The highest BCUT2D eigenvalue weighted by Gasteiger charge is 2.25. The van der Waals surface area contributed by atoms with Crippen LogP contribution >= 0.6 is 11.8 Å². The molecule has 0 N–H and O–H groups in total. The zero-order chi connectivity index (χ0) is 13.2. The van der Waals surface area contributed by atoms with Gasteiger partial charge in [0.25, 0.3) is 0 Å².